The van der Waals surface area contributed by atoms with Crippen molar-refractivity contribution in [2.24, 2.45) is 5.14 Å². The van der Waals surface area contributed by atoms with E-state index in [1.165, 1.54) is 12.1 Å². The van der Waals surface area contributed by atoms with Gasteiger partial charge in [0.25, 0.3) is 0 Å². The minimum absolute atomic E-state index is 0.0950. The highest BCUT2D eigenvalue weighted by atomic mass is 32.2. The molecule has 0 bridgehead atoms. The van der Waals surface area contributed by atoms with Gasteiger partial charge in [-0.1, -0.05) is 42.5 Å². The maximum Gasteiger partial charge on any atom is 0.238 e. The maximum absolute atomic E-state index is 11.3. The van der Waals surface area contributed by atoms with Gasteiger partial charge in [0.1, 0.15) is 5.76 Å². The molecule has 124 valence electrons. The first-order valence-corrected chi connectivity index (χ1v) is 8.66. The Kier molecular flexibility index (Phi) is 5.42. The topological polar surface area (TPSA) is 81.4 Å². The van der Waals surface area contributed by atoms with Crippen LogP contribution in [0, 0.1) is 12.8 Å². The van der Waals surface area contributed by atoms with Gasteiger partial charge in [0, 0.05) is 5.57 Å². The largest absolute Gasteiger partial charge is 0.412 e. The number of terminal acetylenes is 1. The first-order chi connectivity index (χ1) is 11.5. The monoisotopic (exact) mass is 342 g/mol. The molecule has 1 atom stereocenters. The van der Waals surface area contributed by atoms with Gasteiger partial charge >= 0.3 is 0 Å². The minimum atomic E-state index is -3.69. The van der Waals surface area contributed by atoms with Gasteiger partial charge in [-0.15, -0.1) is 18.3 Å². The van der Waals surface area contributed by atoms with Crippen molar-refractivity contribution in [3.63, 3.8) is 0 Å². The van der Waals surface area contributed by atoms with Crippen molar-refractivity contribution in [2.45, 2.75) is 17.9 Å². The van der Waals surface area contributed by atoms with Gasteiger partial charge < -0.3 is 4.84 Å². The van der Waals surface area contributed by atoms with Crippen LogP contribution >= 0.6 is 0 Å². The van der Waals surface area contributed by atoms with Crippen LogP contribution in [0.1, 0.15) is 24.1 Å². The van der Waals surface area contributed by atoms with E-state index in [1.54, 1.807) is 12.1 Å². The smallest absolute Gasteiger partial charge is 0.238 e. The zero-order valence-corrected chi connectivity index (χ0v) is 14.0. The Morgan fingerprint density at radius 3 is 2.17 bits per heavy atom. The molecule has 0 saturated carbocycles. The molecular formula is C18H18N2O3S. The van der Waals surface area contributed by atoms with Crippen LogP contribution < -0.4 is 10.6 Å². The van der Waals surface area contributed by atoms with Crippen molar-refractivity contribution in [3.8, 4) is 12.8 Å². The Hall–Kier alpha value is -2.59. The SMILES string of the molecule is C#C.CC1=C(c2ccc(S(N)(=O)=O)cc2)C(c2ccccc2)NO1. The fourth-order valence-electron chi connectivity index (χ4n) is 2.54. The Morgan fingerprint density at radius 2 is 1.62 bits per heavy atom. The van der Waals surface area contributed by atoms with Gasteiger partial charge in [0.2, 0.25) is 10.0 Å². The Labute approximate surface area is 142 Å². The highest BCUT2D eigenvalue weighted by Crippen LogP contribution is 2.37. The summed E-state index contributed by atoms with van der Waals surface area (Å²) in [6, 6.07) is 16.3. The molecule has 6 heteroatoms. The molecule has 1 unspecified atom stereocenters. The summed E-state index contributed by atoms with van der Waals surface area (Å²) in [5.74, 6) is 0.761. The van der Waals surface area contributed by atoms with E-state index < -0.39 is 10.0 Å². The summed E-state index contributed by atoms with van der Waals surface area (Å²) in [4.78, 5) is 5.57. The van der Waals surface area contributed by atoms with E-state index in [9.17, 15) is 8.42 Å². The fraction of sp³-hybridized carbons (Fsp3) is 0.111. The molecule has 24 heavy (non-hydrogen) atoms. The van der Waals surface area contributed by atoms with Crippen LogP contribution in [0.3, 0.4) is 0 Å². The lowest BCUT2D eigenvalue weighted by molar-refractivity contribution is 0.118. The van der Waals surface area contributed by atoms with Crippen molar-refractivity contribution in [1.82, 2.24) is 5.48 Å². The zero-order chi connectivity index (χ0) is 17.7. The fourth-order valence-corrected chi connectivity index (χ4v) is 3.05. The Bertz CT molecular complexity index is 854. The minimum Gasteiger partial charge on any atom is -0.412 e. The number of nitrogens with two attached hydrogens (primary N) is 1. The quantitative estimate of drug-likeness (QED) is 0.840. The second kappa shape index (κ2) is 7.32. The van der Waals surface area contributed by atoms with Crippen LogP contribution in [0.15, 0.2) is 65.3 Å². The molecule has 0 amide bonds. The number of rotatable bonds is 3. The number of primary sulfonamides is 1. The van der Waals surface area contributed by atoms with E-state index in [2.05, 4.69) is 18.3 Å². The molecule has 2 aromatic carbocycles. The van der Waals surface area contributed by atoms with Crippen molar-refractivity contribution >= 4 is 15.6 Å². The third-order valence-corrected chi connectivity index (χ3v) is 4.55. The average molecular weight is 342 g/mol. The number of hydrogen-bond donors (Lipinski definition) is 2. The standard InChI is InChI=1S/C16H16N2O3S.C2H2/c1-11-15(12-7-9-14(10-8-12)22(17,19)20)16(18-21-11)13-5-3-2-4-6-13;1-2/h2-10,16,18H,1H3,(H2,17,19,20);1-2H. The number of allylic oxidation sites excluding steroid dienone is 1. The van der Waals surface area contributed by atoms with E-state index in [-0.39, 0.29) is 10.9 Å². The van der Waals surface area contributed by atoms with Gasteiger partial charge in [-0.05, 0) is 30.2 Å². The predicted octanol–water partition coefficient (Wildman–Crippen LogP) is 2.59. The summed E-state index contributed by atoms with van der Waals surface area (Å²) in [7, 11) is -3.69. The van der Waals surface area contributed by atoms with Crippen LogP contribution in [-0.2, 0) is 14.9 Å². The summed E-state index contributed by atoms with van der Waals surface area (Å²) in [5, 5.41) is 5.13. The summed E-state index contributed by atoms with van der Waals surface area (Å²) in [5.41, 5.74) is 5.94. The number of sulfonamides is 1. The van der Waals surface area contributed by atoms with E-state index in [4.69, 9.17) is 9.98 Å². The van der Waals surface area contributed by atoms with E-state index >= 15 is 0 Å². The molecule has 0 saturated heterocycles. The lowest BCUT2D eigenvalue weighted by Gasteiger charge is -2.14. The van der Waals surface area contributed by atoms with Crippen molar-refractivity contribution in [3.05, 3.63) is 71.5 Å². The van der Waals surface area contributed by atoms with Crippen LogP contribution in [0.5, 0.6) is 0 Å². The van der Waals surface area contributed by atoms with Gasteiger partial charge in [-0.2, -0.15) is 0 Å². The molecule has 0 fully saturated rings. The third kappa shape index (κ3) is 3.66. The zero-order valence-electron chi connectivity index (χ0n) is 13.1. The summed E-state index contributed by atoms with van der Waals surface area (Å²) in [6.07, 6.45) is 8.00. The first kappa shape index (κ1) is 17.8. The maximum atomic E-state index is 11.3. The van der Waals surface area contributed by atoms with Crippen molar-refractivity contribution < 1.29 is 13.3 Å². The number of hydroxylamine groups is 1. The number of nitrogens with one attached hydrogen (secondary N) is 1. The van der Waals surface area contributed by atoms with Crippen LogP contribution in [0.2, 0.25) is 0 Å². The third-order valence-electron chi connectivity index (χ3n) is 3.62. The van der Waals surface area contributed by atoms with Gasteiger partial charge in [0.15, 0.2) is 0 Å². The van der Waals surface area contributed by atoms with Gasteiger partial charge in [-0.3, -0.25) is 0 Å². The molecule has 1 heterocycles. The molecule has 2 aromatic rings. The Balaban J connectivity index is 0.00000100. The molecule has 0 aromatic heterocycles. The van der Waals surface area contributed by atoms with Crippen LogP contribution in [0.25, 0.3) is 5.57 Å². The van der Waals surface area contributed by atoms with Crippen LogP contribution in [0.4, 0.5) is 0 Å². The number of hydrogen-bond acceptors (Lipinski definition) is 4. The highest BCUT2D eigenvalue weighted by Gasteiger charge is 2.27. The lowest BCUT2D eigenvalue weighted by Crippen LogP contribution is -2.15. The van der Waals surface area contributed by atoms with Crippen molar-refractivity contribution in [1.29, 1.82) is 0 Å². The lowest BCUT2D eigenvalue weighted by atomic mass is 9.93. The van der Waals surface area contributed by atoms with Crippen molar-refractivity contribution in [2.75, 3.05) is 0 Å². The normalized spacial score (nSPS) is 16.9. The highest BCUT2D eigenvalue weighted by molar-refractivity contribution is 7.89. The van der Waals surface area contributed by atoms with E-state index in [0.717, 1.165) is 22.5 Å². The molecule has 3 rings (SSSR count). The predicted molar refractivity (Wildman–Crippen MR) is 93.7 cm³/mol. The number of benzene rings is 2. The molecule has 0 spiro atoms. The van der Waals surface area contributed by atoms with Gasteiger partial charge in [0.05, 0.1) is 10.9 Å². The summed E-state index contributed by atoms with van der Waals surface area (Å²) >= 11 is 0. The molecule has 1 aliphatic rings. The van der Waals surface area contributed by atoms with E-state index in [1.807, 2.05) is 37.3 Å². The molecule has 5 nitrogen and oxygen atoms in total. The van der Waals surface area contributed by atoms with Gasteiger partial charge in [-0.25, -0.2) is 13.6 Å². The van der Waals surface area contributed by atoms with E-state index in [0.29, 0.717) is 0 Å². The van der Waals surface area contributed by atoms with Crippen LogP contribution in [-0.4, -0.2) is 8.42 Å². The molecule has 0 radical (unpaired) electrons. The Morgan fingerprint density at radius 1 is 1.04 bits per heavy atom. The second-order valence-electron chi connectivity index (χ2n) is 5.10. The molecule has 3 N–H and O–H groups in total. The second-order valence-corrected chi connectivity index (χ2v) is 6.66. The average Bonchev–Trinajstić information content (AvgIpc) is 2.98. The first-order valence-electron chi connectivity index (χ1n) is 7.11. The summed E-state index contributed by atoms with van der Waals surface area (Å²) in [6.45, 7) is 1.87. The molecule has 0 aliphatic carbocycles. The molecule has 1 aliphatic heterocycles. The summed E-state index contributed by atoms with van der Waals surface area (Å²) < 4.78 is 22.7. The molecular weight excluding hydrogens is 324 g/mol.